The molecule has 0 bridgehead atoms. The van der Waals surface area contributed by atoms with Gasteiger partial charge in [-0.2, -0.15) is 4.98 Å². The van der Waals surface area contributed by atoms with Crippen molar-refractivity contribution in [3.05, 3.63) is 40.3 Å². The minimum absolute atomic E-state index is 0.0267. The quantitative estimate of drug-likeness (QED) is 0.607. The number of aliphatic hydroxyl groups is 1. The molecule has 8 heteroatoms. The summed E-state index contributed by atoms with van der Waals surface area (Å²) in [6.45, 7) is 1.19. The van der Waals surface area contributed by atoms with E-state index in [4.69, 9.17) is 4.52 Å². The summed E-state index contributed by atoms with van der Waals surface area (Å²) in [5.74, 6) is 0.907. The molecule has 0 spiro atoms. The lowest BCUT2D eigenvalue weighted by atomic mass is 9.94. The zero-order valence-corrected chi connectivity index (χ0v) is 14.0. The summed E-state index contributed by atoms with van der Waals surface area (Å²) in [7, 11) is 0. The fourth-order valence-electron chi connectivity index (χ4n) is 3.31. The number of nitro benzene ring substituents is 1. The minimum Gasteiger partial charge on any atom is -0.395 e. The van der Waals surface area contributed by atoms with Gasteiger partial charge in [-0.15, -0.1) is 0 Å². The van der Waals surface area contributed by atoms with Gasteiger partial charge in [-0.3, -0.25) is 15.0 Å². The van der Waals surface area contributed by atoms with Crippen LogP contribution in [0.2, 0.25) is 0 Å². The summed E-state index contributed by atoms with van der Waals surface area (Å²) < 4.78 is 5.35. The van der Waals surface area contributed by atoms with Crippen LogP contribution in [-0.2, 0) is 6.54 Å². The molecular weight excluding hydrogens is 324 g/mol. The van der Waals surface area contributed by atoms with Crippen molar-refractivity contribution >= 4 is 5.69 Å². The first-order chi connectivity index (χ1) is 12.2. The largest absolute Gasteiger partial charge is 0.395 e. The van der Waals surface area contributed by atoms with Crippen molar-refractivity contribution in [3.8, 4) is 11.4 Å². The molecule has 1 aliphatic rings. The van der Waals surface area contributed by atoms with Gasteiger partial charge >= 0.3 is 0 Å². The lowest BCUT2D eigenvalue weighted by Crippen LogP contribution is -2.38. The molecule has 1 aromatic carbocycles. The number of aromatic nitrogens is 2. The summed E-state index contributed by atoms with van der Waals surface area (Å²) in [6, 6.07) is 6.51. The maximum Gasteiger partial charge on any atom is 0.269 e. The summed E-state index contributed by atoms with van der Waals surface area (Å²) >= 11 is 0. The van der Waals surface area contributed by atoms with E-state index in [1.165, 1.54) is 31.4 Å². The summed E-state index contributed by atoms with van der Waals surface area (Å²) in [5, 5.41) is 24.0. The number of nitrogens with zero attached hydrogens (tertiary/aromatic N) is 4. The summed E-state index contributed by atoms with van der Waals surface area (Å²) in [4.78, 5) is 16.9. The second-order valence-electron chi connectivity index (χ2n) is 6.30. The zero-order valence-electron chi connectivity index (χ0n) is 14.0. The smallest absolute Gasteiger partial charge is 0.269 e. The van der Waals surface area contributed by atoms with Crippen LogP contribution in [0, 0.1) is 10.1 Å². The topological polar surface area (TPSA) is 106 Å². The number of aliphatic hydroxyl groups excluding tert-OH is 1. The van der Waals surface area contributed by atoms with Crippen molar-refractivity contribution in [1.29, 1.82) is 0 Å². The zero-order chi connectivity index (χ0) is 17.6. The third-order valence-electron chi connectivity index (χ3n) is 4.62. The highest BCUT2D eigenvalue weighted by Gasteiger charge is 2.23. The SMILES string of the molecule is O=[N+]([O-])c1ccc(-c2noc(CN(CCO)C3CCCCC3)n2)cc1. The van der Waals surface area contributed by atoms with Gasteiger partial charge < -0.3 is 9.63 Å². The van der Waals surface area contributed by atoms with E-state index in [0.29, 0.717) is 36.4 Å². The Bertz CT molecular complexity index is 695. The highest BCUT2D eigenvalue weighted by molar-refractivity contribution is 5.56. The van der Waals surface area contributed by atoms with Crippen LogP contribution in [0.15, 0.2) is 28.8 Å². The van der Waals surface area contributed by atoms with Crippen molar-refractivity contribution in [2.75, 3.05) is 13.2 Å². The van der Waals surface area contributed by atoms with Gasteiger partial charge in [-0.1, -0.05) is 24.4 Å². The fourth-order valence-corrected chi connectivity index (χ4v) is 3.31. The maximum absolute atomic E-state index is 10.7. The molecule has 1 N–H and O–H groups in total. The molecule has 1 aliphatic carbocycles. The Labute approximate surface area is 145 Å². The number of non-ortho nitro benzene ring substituents is 1. The van der Waals surface area contributed by atoms with Gasteiger partial charge in [0, 0.05) is 30.3 Å². The van der Waals surface area contributed by atoms with Gasteiger partial charge in [-0.05, 0) is 25.0 Å². The van der Waals surface area contributed by atoms with Gasteiger partial charge in [0.25, 0.3) is 5.69 Å². The van der Waals surface area contributed by atoms with Gasteiger partial charge in [0.05, 0.1) is 18.1 Å². The Morgan fingerprint density at radius 2 is 1.96 bits per heavy atom. The molecule has 0 amide bonds. The van der Waals surface area contributed by atoms with Crippen LogP contribution in [-0.4, -0.2) is 44.3 Å². The molecule has 1 saturated carbocycles. The van der Waals surface area contributed by atoms with Crippen molar-refractivity contribution in [2.24, 2.45) is 0 Å². The average Bonchev–Trinajstić information content (AvgIpc) is 3.11. The van der Waals surface area contributed by atoms with Crippen LogP contribution in [0.4, 0.5) is 5.69 Å². The Morgan fingerprint density at radius 3 is 2.60 bits per heavy atom. The number of benzene rings is 1. The highest BCUT2D eigenvalue weighted by atomic mass is 16.6. The van der Waals surface area contributed by atoms with Crippen LogP contribution in [0.1, 0.15) is 38.0 Å². The molecule has 2 aromatic rings. The van der Waals surface area contributed by atoms with E-state index in [-0.39, 0.29) is 12.3 Å². The van der Waals surface area contributed by atoms with Crippen molar-refractivity contribution in [1.82, 2.24) is 15.0 Å². The molecular formula is C17H22N4O4. The number of nitro groups is 1. The second kappa shape index (κ2) is 8.17. The molecule has 25 heavy (non-hydrogen) atoms. The van der Waals surface area contributed by atoms with Crippen LogP contribution in [0.5, 0.6) is 0 Å². The van der Waals surface area contributed by atoms with Gasteiger partial charge in [0.2, 0.25) is 11.7 Å². The number of rotatable bonds is 7. The van der Waals surface area contributed by atoms with E-state index in [0.717, 1.165) is 12.8 Å². The first-order valence-corrected chi connectivity index (χ1v) is 8.59. The van der Waals surface area contributed by atoms with E-state index in [1.54, 1.807) is 12.1 Å². The normalized spacial score (nSPS) is 15.6. The Hall–Kier alpha value is -2.32. The van der Waals surface area contributed by atoms with Gasteiger partial charge in [0.1, 0.15) is 0 Å². The molecule has 1 fully saturated rings. The van der Waals surface area contributed by atoms with E-state index in [2.05, 4.69) is 15.0 Å². The second-order valence-corrected chi connectivity index (χ2v) is 6.30. The molecule has 0 atom stereocenters. The van der Waals surface area contributed by atoms with Crippen LogP contribution >= 0.6 is 0 Å². The third kappa shape index (κ3) is 4.40. The predicted molar refractivity (Wildman–Crippen MR) is 90.8 cm³/mol. The first-order valence-electron chi connectivity index (χ1n) is 8.59. The van der Waals surface area contributed by atoms with E-state index in [1.807, 2.05) is 0 Å². The molecule has 0 aliphatic heterocycles. The molecule has 3 rings (SSSR count). The molecule has 134 valence electrons. The number of hydrogen-bond donors (Lipinski definition) is 1. The lowest BCUT2D eigenvalue weighted by Gasteiger charge is -2.32. The van der Waals surface area contributed by atoms with Crippen molar-refractivity contribution in [2.45, 2.75) is 44.7 Å². The van der Waals surface area contributed by atoms with E-state index >= 15 is 0 Å². The predicted octanol–water partition coefficient (Wildman–Crippen LogP) is 2.77. The van der Waals surface area contributed by atoms with E-state index in [9.17, 15) is 15.2 Å². The Balaban J connectivity index is 1.69. The Kier molecular flexibility index (Phi) is 5.72. The van der Waals surface area contributed by atoms with Crippen LogP contribution < -0.4 is 0 Å². The molecule has 0 radical (unpaired) electrons. The van der Waals surface area contributed by atoms with Gasteiger partial charge in [0.15, 0.2) is 0 Å². The maximum atomic E-state index is 10.7. The lowest BCUT2D eigenvalue weighted by molar-refractivity contribution is -0.384. The van der Waals surface area contributed by atoms with Gasteiger partial charge in [-0.25, -0.2) is 0 Å². The van der Waals surface area contributed by atoms with E-state index < -0.39 is 4.92 Å². The fraction of sp³-hybridized carbons (Fsp3) is 0.529. The van der Waals surface area contributed by atoms with Crippen molar-refractivity contribution in [3.63, 3.8) is 0 Å². The first kappa shape index (κ1) is 17.5. The average molecular weight is 346 g/mol. The highest BCUT2D eigenvalue weighted by Crippen LogP contribution is 2.24. The van der Waals surface area contributed by atoms with Crippen molar-refractivity contribution < 1.29 is 14.6 Å². The van der Waals surface area contributed by atoms with Crippen LogP contribution in [0.25, 0.3) is 11.4 Å². The standard InChI is InChI=1S/C17H22N4O4/c22-11-10-20(14-4-2-1-3-5-14)12-16-18-17(19-25-16)13-6-8-15(9-7-13)21(23)24/h6-9,14,22H,1-5,10-12H2. The molecule has 1 heterocycles. The molecule has 0 unspecified atom stereocenters. The Morgan fingerprint density at radius 1 is 1.24 bits per heavy atom. The summed E-state index contributed by atoms with van der Waals surface area (Å²) in [6.07, 6.45) is 5.95. The molecule has 0 saturated heterocycles. The third-order valence-corrected chi connectivity index (χ3v) is 4.62. The molecule has 1 aromatic heterocycles. The van der Waals surface area contributed by atoms with Crippen LogP contribution in [0.3, 0.4) is 0 Å². The number of hydrogen-bond acceptors (Lipinski definition) is 7. The summed E-state index contributed by atoms with van der Waals surface area (Å²) in [5.41, 5.74) is 0.700. The minimum atomic E-state index is -0.442. The molecule has 8 nitrogen and oxygen atoms in total. The monoisotopic (exact) mass is 346 g/mol.